The Morgan fingerprint density at radius 1 is 1.26 bits per heavy atom. The molecule has 2 bridgehead atoms. The number of nitro groups is 1. The highest BCUT2D eigenvalue weighted by molar-refractivity contribution is 6.32. The van der Waals surface area contributed by atoms with E-state index < -0.39 is 40.8 Å². The van der Waals surface area contributed by atoms with Gasteiger partial charge in [0.25, 0.3) is 5.69 Å². The van der Waals surface area contributed by atoms with Gasteiger partial charge < -0.3 is 15.2 Å². The SMILES string of the molecule is O=C(O)[C@@H]1[C@@H](C(=O)Nc2ccc(Cl)c([N+](=O)[O-])c2)[C@H]2C=C[C@H]1O2. The van der Waals surface area contributed by atoms with Gasteiger partial charge in [-0.25, -0.2) is 0 Å². The molecule has 0 saturated carbocycles. The van der Waals surface area contributed by atoms with Gasteiger partial charge >= 0.3 is 5.97 Å². The maximum Gasteiger partial charge on any atom is 0.310 e. The second-order valence-electron chi connectivity index (χ2n) is 5.25. The molecule has 2 aliphatic rings. The van der Waals surface area contributed by atoms with E-state index in [1.807, 2.05) is 0 Å². The molecular weight excluding hydrogens is 328 g/mol. The summed E-state index contributed by atoms with van der Waals surface area (Å²) >= 11 is 5.71. The second kappa shape index (κ2) is 5.64. The van der Waals surface area contributed by atoms with Crippen LogP contribution in [0.15, 0.2) is 30.4 Å². The van der Waals surface area contributed by atoms with E-state index in [0.29, 0.717) is 0 Å². The lowest BCUT2D eigenvalue weighted by atomic mass is 9.82. The molecule has 1 amide bonds. The maximum absolute atomic E-state index is 12.4. The van der Waals surface area contributed by atoms with Crippen molar-refractivity contribution in [2.45, 2.75) is 12.2 Å². The minimum absolute atomic E-state index is 0.0531. The number of anilines is 1. The molecule has 0 radical (unpaired) electrons. The highest BCUT2D eigenvalue weighted by atomic mass is 35.5. The van der Waals surface area contributed by atoms with Crippen LogP contribution >= 0.6 is 11.6 Å². The number of carboxylic acids is 1. The number of carbonyl (C=O) groups excluding carboxylic acids is 1. The third-order valence-electron chi connectivity index (χ3n) is 3.90. The fourth-order valence-electron chi connectivity index (χ4n) is 2.87. The van der Waals surface area contributed by atoms with Crippen LogP contribution in [0, 0.1) is 22.0 Å². The largest absolute Gasteiger partial charge is 0.481 e. The van der Waals surface area contributed by atoms with Crippen molar-refractivity contribution in [3.05, 3.63) is 45.5 Å². The number of halogens is 1. The first-order valence-electron chi connectivity index (χ1n) is 6.70. The van der Waals surface area contributed by atoms with E-state index in [2.05, 4.69) is 5.32 Å². The number of nitrogens with one attached hydrogen (secondary N) is 1. The lowest BCUT2D eigenvalue weighted by molar-refractivity contribution is -0.384. The summed E-state index contributed by atoms with van der Waals surface area (Å²) in [6.07, 6.45) is 2.04. The maximum atomic E-state index is 12.4. The molecule has 9 heteroatoms. The molecule has 1 aromatic rings. The zero-order valence-electron chi connectivity index (χ0n) is 11.5. The summed E-state index contributed by atoms with van der Waals surface area (Å²) in [5.41, 5.74) is -0.176. The Morgan fingerprint density at radius 2 is 1.91 bits per heavy atom. The van der Waals surface area contributed by atoms with Crippen molar-refractivity contribution in [2.75, 3.05) is 5.32 Å². The average molecular weight is 339 g/mol. The molecule has 2 aliphatic heterocycles. The van der Waals surface area contributed by atoms with Crippen molar-refractivity contribution in [1.29, 1.82) is 0 Å². The van der Waals surface area contributed by atoms with E-state index in [4.69, 9.17) is 16.3 Å². The van der Waals surface area contributed by atoms with Crippen LogP contribution in [-0.2, 0) is 14.3 Å². The van der Waals surface area contributed by atoms with Crippen molar-refractivity contribution in [3.8, 4) is 0 Å². The van der Waals surface area contributed by atoms with Crippen LogP contribution in [0.2, 0.25) is 5.02 Å². The van der Waals surface area contributed by atoms with Gasteiger partial charge in [0.05, 0.1) is 23.0 Å². The molecule has 120 valence electrons. The van der Waals surface area contributed by atoms with Crippen molar-refractivity contribution < 1.29 is 24.4 Å². The van der Waals surface area contributed by atoms with Gasteiger partial charge in [0.1, 0.15) is 10.9 Å². The smallest absolute Gasteiger partial charge is 0.310 e. The molecule has 4 atom stereocenters. The number of amides is 1. The lowest BCUT2D eigenvalue weighted by Gasteiger charge is -2.20. The third-order valence-corrected chi connectivity index (χ3v) is 4.22. The molecule has 0 aliphatic carbocycles. The molecule has 1 saturated heterocycles. The van der Waals surface area contributed by atoms with Crippen LogP contribution in [0.1, 0.15) is 0 Å². The number of carboxylic acid groups (broad SMARTS) is 1. The number of benzene rings is 1. The van der Waals surface area contributed by atoms with Crippen LogP contribution in [0.3, 0.4) is 0 Å². The van der Waals surface area contributed by atoms with E-state index in [9.17, 15) is 24.8 Å². The highest BCUT2D eigenvalue weighted by Gasteiger charge is 2.53. The number of rotatable bonds is 4. The molecule has 2 heterocycles. The average Bonchev–Trinajstić information content (AvgIpc) is 3.09. The van der Waals surface area contributed by atoms with E-state index >= 15 is 0 Å². The van der Waals surface area contributed by atoms with E-state index in [0.717, 1.165) is 6.07 Å². The first-order chi connectivity index (χ1) is 10.9. The molecule has 0 aromatic heterocycles. The minimum Gasteiger partial charge on any atom is -0.481 e. The van der Waals surface area contributed by atoms with Gasteiger partial charge in [0, 0.05) is 11.8 Å². The molecule has 2 N–H and O–H groups in total. The first-order valence-corrected chi connectivity index (χ1v) is 7.07. The van der Waals surface area contributed by atoms with Gasteiger partial charge in [-0.15, -0.1) is 0 Å². The van der Waals surface area contributed by atoms with Crippen molar-refractivity contribution in [2.24, 2.45) is 11.8 Å². The van der Waals surface area contributed by atoms with Gasteiger partial charge in [0.2, 0.25) is 5.91 Å². The van der Waals surface area contributed by atoms with Gasteiger partial charge in [-0.2, -0.15) is 0 Å². The summed E-state index contributed by atoms with van der Waals surface area (Å²) in [4.78, 5) is 33.9. The molecule has 0 spiro atoms. The predicted octanol–water partition coefficient (Wildman–Crippen LogP) is 1.84. The summed E-state index contributed by atoms with van der Waals surface area (Å²) in [5.74, 6) is -3.56. The molecular formula is C14H11ClN2O6. The Kier molecular flexibility index (Phi) is 3.78. The molecule has 8 nitrogen and oxygen atoms in total. The van der Waals surface area contributed by atoms with Crippen LogP contribution in [-0.4, -0.2) is 34.1 Å². The Morgan fingerprint density at radius 3 is 2.52 bits per heavy atom. The minimum atomic E-state index is -1.12. The second-order valence-corrected chi connectivity index (χ2v) is 5.66. The topological polar surface area (TPSA) is 119 Å². The number of nitro benzene ring substituents is 1. The summed E-state index contributed by atoms with van der Waals surface area (Å²) < 4.78 is 5.42. The fourth-order valence-corrected chi connectivity index (χ4v) is 3.06. The van der Waals surface area contributed by atoms with Crippen molar-refractivity contribution >= 4 is 34.9 Å². The van der Waals surface area contributed by atoms with Gasteiger partial charge in [-0.05, 0) is 12.1 Å². The Hall–Kier alpha value is -2.45. The molecule has 0 unspecified atom stereocenters. The Balaban J connectivity index is 1.82. The quantitative estimate of drug-likeness (QED) is 0.491. The standard InChI is InChI=1S/C14H11ClN2O6/c15-7-2-1-6(5-8(7)17(21)22)16-13(18)11-9-3-4-10(23-9)12(11)14(19)20/h1-5,9-12H,(H,16,18)(H,19,20)/t9-,10-,11+,12+/m1/s1. The number of nitrogens with zero attached hydrogens (tertiary/aromatic N) is 1. The van der Waals surface area contributed by atoms with Crippen LogP contribution < -0.4 is 5.32 Å². The predicted molar refractivity (Wildman–Crippen MR) is 79.2 cm³/mol. The number of aliphatic carboxylic acids is 1. The van der Waals surface area contributed by atoms with E-state index in [-0.39, 0.29) is 16.4 Å². The van der Waals surface area contributed by atoms with Crippen LogP contribution in [0.25, 0.3) is 0 Å². The third kappa shape index (κ3) is 2.66. The Bertz CT molecular complexity index is 734. The highest BCUT2D eigenvalue weighted by Crippen LogP contribution is 2.40. The summed E-state index contributed by atoms with van der Waals surface area (Å²) in [7, 11) is 0. The fraction of sp³-hybridized carbons (Fsp3) is 0.286. The molecule has 1 fully saturated rings. The number of ether oxygens (including phenoxy) is 1. The van der Waals surface area contributed by atoms with Gasteiger partial charge in [0.15, 0.2) is 0 Å². The molecule has 1 aromatic carbocycles. The van der Waals surface area contributed by atoms with Crippen molar-refractivity contribution in [3.63, 3.8) is 0 Å². The summed E-state index contributed by atoms with van der Waals surface area (Å²) in [5, 5.41) is 22.6. The van der Waals surface area contributed by atoms with E-state index in [1.54, 1.807) is 12.2 Å². The van der Waals surface area contributed by atoms with Crippen LogP contribution in [0.5, 0.6) is 0 Å². The number of carbonyl (C=O) groups is 2. The zero-order chi connectivity index (χ0) is 16.7. The van der Waals surface area contributed by atoms with Gasteiger partial charge in [-0.3, -0.25) is 19.7 Å². The van der Waals surface area contributed by atoms with Gasteiger partial charge in [-0.1, -0.05) is 23.8 Å². The molecule has 23 heavy (non-hydrogen) atoms. The molecule has 3 rings (SSSR count). The Labute approximate surface area is 134 Å². The summed E-state index contributed by atoms with van der Waals surface area (Å²) in [6.45, 7) is 0. The zero-order valence-corrected chi connectivity index (χ0v) is 12.3. The number of hydrogen-bond acceptors (Lipinski definition) is 5. The number of fused-ring (bicyclic) bond motifs is 2. The van der Waals surface area contributed by atoms with Crippen LogP contribution in [0.4, 0.5) is 11.4 Å². The number of hydrogen-bond donors (Lipinski definition) is 2. The monoisotopic (exact) mass is 338 g/mol. The normalized spacial score (nSPS) is 27.9. The summed E-state index contributed by atoms with van der Waals surface area (Å²) in [6, 6.07) is 3.83. The van der Waals surface area contributed by atoms with Crippen molar-refractivity contribution in [1.82, 2.24) is 0 Å². The first kappa shape index (κ1) is 15.4. The lowest BCUT2D eigenvalue weighted by Crippen LogP contribution is -2.39. The van der Waals surface area contributed by atoms with E-state index in [1.165, 1.54) is 12.1 Å².